The molecule has 2 atom stereocenters. The molecule has 1 aliphatic heterocycles. The van der Waals surface area contributed by atoms with Crippen LogP contribution in [-0.4, -0.2) is 36.5 Å². The van der Waals surface area contributed by atoms with Crippen LogP contribution in [0.5, 0.6) is 5.75 Å². The van der Waals surface area contributed by atoms with Crippen LogP contribution in [0.4, 0.5) is 0 Å². The molecule has 3 rings (SSSR count). The Morgan fingerprint density at radius 3 is 2.43 bits per heavy atom. The normalized spacial score (nSPS) is 17.8. The topological polar surface area (TPSA) is 72.9 Å². The van der Waals surface area contributed by atoms with Gasteiger partial charge in [0.2, 0.25) is 0 Å². The Labute approximate surface area is 165 Å². The van der Waals surface area contributed by atoms with Gasteiger partial charge in [-0.1, -0.05) is 30.3 Å². The Balaban J connectivity index is 1.90. The number of piperidine rings is 1. The second kappa shape index (κ2) is 9.47. The molecular formula is C21H22NO5P. The summed E-state index contributed by atoms with van der Waals surface area (Å²) in [5.74, 6) is -0.590. The number of hydrogen-bond donors (Lipinski definition) is 0. The minimum absolute atomic E-state index is 0.138. The van der Waals surface area contributed by atoms with E-state index in [1.54, 1.807) is 29.2 Å². The number of esters is 1. The lowest BCUT2D eigenvalue weighted by Gasteiger charge is -2.39. The fourth-order valence-corrected chi connectivity index (χ4v) is 3.93. The minimum atomic E-state index is -0.530. The van der Waals surface area contributed by atoms with Gasteiger partial charge in [-0.25, -0.2) is 4.57 Å². The maximum absolute atomic E-state index is 13.2. The van der Waals surface area contributed by atoms with Gasteiger partial charge in [0, 0.05) is 18.2 Å². The van der Waals surface area contributed by atoms with E-state index in [0.29, 0.717) is 17.9 Å². The van der Waals surface area contributed by atoms with Crippen molar-refractivity contribution < 1.29 is 23.4 Å². The highest BCUT2D eigenvalue weighted by molar-refractivity contribution is 7.17. The molecule has 1 heterocycles. The summed E-state index contributed by atoms with van der Waals surface area (Å²) < 4.78 is 20.5. The highest BCUT2D eigenvalue weighted by atomic mass is 31.1. The molecule has 1 amide bonds. The average molecular weight is 399 g/mol. The van der Waals surface area contributed by atoms with Crippen LogP contribution in [0.1, 0.15) is 41.1 Å². The Morgan fingerprint density at radius 1 is 1.07 bits per heavy atom. The molecule has 2 aromatic rings. The molecule has 0 N–H and O–H groups in total. The quantitative estimate of drug-likeness (QED) is 0.537. The van der Waals surface area contributed by atoms with E-state index in [2.05, 4.69) is 0 Å². The number of carbonyl (C=O) groups is 2. The molecular weight excluding hydrogens is 377 g/mol. The predicted molar refractivity (Wildman–Crippen MR) is 105 cm³/mol. The zero-order valence-electron chi connectivity index (χ0n) is 15.6. The van der Waals surface area contributed by atoms with Gasteiger partial charge < -0.3 is 14.2 Å². The van der Waals surface area contributed by atoms with E-state index in [-0.39, 0.29) is 17.9 Å². The standard InChI is InChI=1S/C21H22NO5P/c1-26-21(24)19(15-7-3-2-4-8-15)18-9-5-6-14-22(18)20(23)16-10-12-17(13-11-16)27-28-25/h2-4,7-8,10-13,18-19H,5-6,9,14H2,1H3. The van der Waals surface area contributed by atoms with Gasteiger partial charge in [-0.2, -0.15) is 0 Å². The number of amides is 1. The van der Waals surface area contributed by atoms with Crippen molar-refractivity contribution in [2.24, 2.45) is 0 Å². The van der Waals surface area contributed by atoms with E-state index in [1.165, 1.54) is 7.11 Å². The first-order valence-corrected chi connectivity index (χ1v) is 9.92. The van der Waals surface area contributed by atoms with Crippen molar-refractivity contribution in [1.29, 1.82) is 0 Å². The van der Waals surface area contributed by atoms with E-state index < -0.39 is 14.6 Å². The third-order valence-corrected chi connectivity index (χ3v) is 5.34. The van der Waals surface area contributed by atoms with Crippen LogP contribution in [0.15, 0.2) is 54.6 Å². The Kier molecular flexibility index (Phi) is 6.77. The molecule has 7 heteroatoms. The molecule has 0 saturated carbocycles. The number of rotatable bonds is 6. The van der Waals surface area contributed by atoms with E-state index in [9.17, 15) is 14.2 Å². The van der Waals surface area contributed by atoms with Gasteiger partial charge in [0.05, 0.1) is 7.11 Å². The molecule has 6 nitrogen and oxygen atoms in total. The second-order valence-electron chi connectivity index (χ2n) is 6.66. The van der Waals surface area contributed by atoms with E-state index in [0.717, 1.165) is 24.8 Å². The zero-order chi connectivity index (χ0) is 19.9. The van der Waals surface area contributed by atoms with Crippen LogP contribution in [0, 0.1) is 0 Å². The molecule has 0 bridgehead atoms. The van der Waals surface area contributed by atoms with Crippen molar-refractivity contribution in [3.63, 3.8) is 0 Å². The third-order valence-electron chi connectivity index (χ3n) is 5.05. The molecule has 28 heavy (non-hydrogen) atoms. The molecule has 0 spiro atoms. The maximum Gasteiger partial charge on any atom is 0.395 e. The summed E-state index contributed by atoms with van der Waals surface area (Å²) >= 11 is 0. The van der Waals surface area contributed by atoms with Gasteiger partial charge in [0.25, 0.3) is 5.91 Å². The summed E-state index contributed by atoms with van der Waals surface area (Å²) in [6.07, 6.45) is 2.57. The van der Waals surface area contributed by atoms with E-state index in [4.69, 9.17) is 9.26 Å². The van der Waals surface area contributed by atoms with Crippen molar-refractivity contribution in [3.8, 4) is 5.75 Å². The van der Waals surface area contributed by atoms with Crippen LogP contribution in [0.3, 0.4) is 0 Å². The first kappa shape index (κ1) is 20.0. The summed E-state index contributed by atoms with van der Waals surface area (Å²) in [6, 6.07) is 15.7. The van der Waals surface area contributed by atoms with Crippen molar-refractivity contribution in [1.82, 2.24) is 4.90 Å². The summed E-state index contributed by atoms with van der Waals surface area (Å²) in [4.78, 5) is 27.6. The number of hydrogen-bond acceptors (Lipinski definition) is 5. The largest absolute Gasteiger partial charge is 0.468 e. The number of nitrogens with zero attached hydrogens (tertiary/aromatic N) is 1. The van der Waals surface area contributed by atoms with Crippen molar-refractivity contribution >= 4 is 20.6 Å². The molecule has 1 fully saturated rings. The van der Waals surface area contributed by atoms with Crippen LogP contribution >= 0.6 is 8.69 Å². The van der Waals surface area contributed by atoms with Crippen molar-refractivity contribution in [2.45, 2.75) is 31.2 Å². The Bertz CT molecular complexity index is 824. The summed E-state index contributed by atoms with van der Waals surface area (Å²) in [5, 5.41) is 0. The number of methoxy groups -OCH3 is 1. The molecule has 1 saturated heterocycles. The maximum atomic E-state index is 13.2. The lowest BCUT2D eigenvalue weighted by molar-refractivity contribution is -0.144. The van der Waals surface area contributed by atoms with Gasteiger partial charge in [0.15, 0.2) is 0 Å². The zero-order valence-corrected chi connectivity index (χ0v) is 16.5. The molecule has 146 valence electrons. The summed E-state index contributed by atoms with van der Waals surface area (Å²) in [5.41, 5.74) is 1.34. The van der Waals surface area contributed by atoms with E-state index in [1.807, 2.05) is 30.3 Å². The van der Waals surface area contributed by atoms with Gasteiger partial charge >= 0.3 is 14.7 Å². The number of benzene rings is 2. The van der Waals surface area contributed by atoms with Gasteiger partial charge in [-0.3, -0.25) is 9.59 Å². The van der Waals surface area contributed by atoms with Gasteiger partial charge in [-0.05, 0) is 49.1 Å². The second-order valence-corrected chi connectivity index (χ2v) is 7.00. The molecule has 2 unspecified atom stereocenters. The number of likely N-dealkylation sites (tertiary alicyclic amines) is 1. The molecule has 1 aliphatic rings. The van der Waals surface area contributed by atoms with E-state index >= 15 is 0 Å². The Morgan fingerprint density at radius 2 is 1.79 bits per heavy atom. The monoisotopic (exact) mass is 399 g/mol. The van der Waals surface area contributed by atoms with Crippen LogP contribution in [0.25, 0.3) is 0 Å². The minimum Gasteiger partial charge on any atom is -0.468 e. The SMILES string of the molecule is COC(=O)C(c1ccccc1)C1CCCCN1C(=O)c1ccc(OP=O)cc1. The van der Waals surface area contributed by atoms with Crippen LogP contribution in [0.2, 0.25) is 0 Å². The van der Waals surface area contributed by atoms with Gasteiger partial charge in [-0.15, -0.1) is 0 Å². The number of ether oxygens (including phenoxy) is 1. The summed E-state index contributed by atoms with van der Waals surface area (Å²) in [7, 11) is 0.934. The molecule has 0 radical (unpaired) electrons. The molecule has 0 aliphatic carbocycles. The van der Waals surface area contributed by atoms with Crippen molar-refractivity contribution in [3.05, 3.63) is 65.7 Å². The highest BCUT2D eigenvalue weighted by Gasteiger charge is 2.38. The molecule has 2 aromatic carbocycles. The molecule has 0 aromatic heterocycles. The first-order chi connectivity index (χ1) is 13.7. The third kappa shape index (κ3) is 4.39. The van der Waals surface area contributed by atoms with Crippen LogP contribution < -0.4 is 4.52 Å². The fourth-order valence-electron chi connectivity index (χ4n) is 3.73. The van der Waals surface area contributed by atoms with Crippen LogP contribution in [-0.2, 0) is 14.1 Å². The smallest absolute Gasteiger partial charge is 0.395 e. The van der Waals surface area contributed by atoms with Gasteiger partial charge in [0.1, 0.15) is 11.7 Å². The lowest BCUT2D eigenvalue weighted by Crippen LogP contribution is -2.48. The average Bonchev–Trinajstić information content (AvgIpc) is 2.75. The fraction of sp³-hybridized carbons (Fsp3) is 0.333. The summed E-state index contributed by atoms with van der Waals surface area (Å²) in [6.45, 7) is 0.585. The predicted octanol–water partition coefficient (Wildman–Crippen LogP) is 4.22. The van der Waals surface area contributed by atoms with Crippen molar-refractivity contribution in [2.75, 3.05) is 13.7 Å². The first-order valence-electron chi connectivity index (χ1n) is 9.19. The highest BCUT2D eigenvalue weighted by Crippen LogP contribution is 2.33. The lowest BCUT2D eigenvalue weighted by atomic mass is 9.84. The Hall–Kier alpha value is -2.72. The number of carbonyl (C=O) groups excluding carboxylic acids is 2.